The van der Waals surface area contributed by atoms with Crippen LogP contribution in [0, 0.1) is 5.82 Å². The summed E-state index contributed by atoms with van der Waals surface area (Å²) < 4.78 is 13.0. The summed E-state index contributed by atoms with van der Waals surface area (Å²) in [4.78, 5) is 23.3. The first-order chi connectivity index (χ1) is 10.5. The molecule has 6 heteroatoms. The molecule has 0 heterocycles. The highest BCUT2D eigenvalue weighted by Gasteiger charge is 2.09. The minimum atomic E-state index is -0.548. The molecular weight excluding hydrogens is 307 g/mol. The lowest BCUT2D eigenvalue weighted by Crippen LogP contribution is -2.22. The van der Waals surface area contributed by atoms with Gasteiger partial charge in [-0.15, -0.1) is 0 Å². The maximum absolute atomic E-state index is 13.0. The van der Waals surface area contributed by atoms with Gasteiger partial charge in [-0.1, -0.05) is 23.7 Å². The van der Waals surface area contributed by atoms with Crippen LogP contribution in [0.5, 0.6) is 0 Å². The highest BCUT2D eigenvalue weighted by atomic mass is 35.5. The maximum Gasteiger partial charge on any atom is 0.243 e. The summed E-state index contributed by atoms with van der Waals surface area (Å²) in [7, 11) is 0. The van der Waals surface area contributed by atoms with E-state index >= 15 is 0 Å². The molecule has 0 aliphatic rings. The van der Waals surface area contributed by atoms with E-state index in [1.54, 1.807) is 24.3 Å². The van der Waals surface area contributed by atoms with Gasteiger partial charge in [0.05, 0.1) is 11.6 Å². The molecule has 2 rings (SSSR count). The molecule has 2 aromatic carbocycles. The third-order valence-corrected chi connectivity index (χ3v) is 3.24. The van der Waals surface area contributed by atoms with Gasteiger partial charge < -0.3 is 10.6 Å². The number of hydrogen-bond acceptors (Lipinski definition) is 3. The molecular formula is C16H14ClFN2O2. The monoisotopic (exact) mass is 320 g/mol. The fourth-order valence-corrected chi connectivity index (χ4v) is 2.08. The summed E-state index contributed by atoms with van der Waals surface area (Å²) in [6, 6.07) is 10.9. The molecule has 0 bridgehead atoms. The first-order valence-electron chi connectivity index (χ1n) is 6.56. The van der Waals surface area contributed by atoms with Crippen molar-refractivity contribution in [3.05, 3.63) is 58.9 Å². The zero-order valence-electron chi connectivity index (χ0n) is 11.8. The molecule has 114 valence electrons. The van der Waals surface area contributed by atoms with Crippen molar-refractivity contribution in [1.29, 1.82) is 0 Å². The lowest BCUT2D eigenvalue weighted by atomic mass is 10.1. The largest absolute Gasteiger partial charge is 0.376 e. The second kappa shape index (κ2) is 7.04. The Kier molecular flexibility index (Phi) is 5.12. The first-order valence-corrected chi connectivity index (χ1v) is 6.94. The molecule has 2 aromatic rings. The normalized spacial score (nSPS) is 10.1. The van der Waals surface area contributed by atoms with Crippen molar-refractivity contribution >= 4 is 34.7 Å². The van der Waals surface area contributed by atoms with E-state index < -0.39 is 5.82 Å². The summed E-state index contributed by atoms with van der Waals surface area (Å²) in [6.07, 6.45) is 0. The van der Waals surface area contributed by atoms with Gasteiger partial charge in [0.15, 0.2) is 5.78 Å². The summed E-state index contributed by atoms with van der Waals surface area (Å²) in [5.74, 6) is -0.969. The van der Waals surface area contributed by atoms with Gasteiger partial charge in [-0.2, -0.15) is 0 Å². The van der Waals surface area contributed by atoms with Crippen LogP contribution in [-0.2, 0) is 4.79 Å². The average Bonchev–Trinajstić information content (AvgIpc) is 2.49. The number of amides is 1. The van der Waals surface area contributed by atoms with Crippen molar-refractivity contribution < 1.29 is 14.0 Å². The van der Waals surface area contributed by atoms with Crippen LogP contribution in [0.15, 0.2) is 42.5 Å². The minimum Gasteiger partial charge on any atom is -0.376 e. The van der Waals surface area contributed by atoms with Crippen molar-refractivity contribution in [3.8, 4) is 0 Å². The van der Waals surface area contributed by atoms with Crippen molar-refractivity contribution in [3.63, 3.8) is 0 Å². The third-order valence-electron chi connectivity index (χ3n) is 2.95. The van der Waals surface area contributed by atoms with Crippen LogP contribution in [0.1, 0.15) is 17.3 Å². The van der Waals surface area contributed by atoms with Gasteiger partial charge in [0.25, 0.3) is 0 Å². The molecule has 0 radical (unpaired) electrons. The Morgan fingerprint density at radius 1 is 1.18 bits per heavy atom. The van der Waals surface area contributed by atoms with Crippen LogP contribution < -0.4 is 10.6 Å². The second-order valence-electron chi connectivity index (χ2n) is 4.63. The number of carbonyl (C=O) groups excluding carboxylic acids is 2. The highest BCUT2D eigenvalue weighted by Crippen LogP contribution is 2.19. The molecule has 0 saturated carbocycles. The van der Waals surface area contributed by atoms with E-state index in [2.05, 4.69) is 10.6 Å². The first kappa shape index (κ1) is 16.0. The topological polar surface area (TPSA) is 58.2 Å². The van der Waals surface area contributed by atoms with Gasteiger partial charge in [-0.25, -0.2) is 4.39 Å². The summed E-state index contributed by atoms with van der Waals surface area (Å²) in [6.45, 7) is 1.43. The number of Topliss-reactive ketones (excluding diaryl/α,β-unsaturated/α-hetero) is 1. The Morgan fingerprint density at radius 2 is 1.91 bits per heavy atom. The number of para-hydroxylation sites is 1. The summed E-state index contributed by atoms with van der Waals surface area (Å²) in [5, 5.41) is 5.43. The van der Waals surface area contributed by atoms with E-state index in [1.165, 1.54) is 25.1 Å². The van der Waals surface area contributed by atoms with E-state index in [4.69, 9.17) is 11.6 Å². The Balaban J connectivity index is 1.98. The molecule has 0 aromatic heterocycles. The van der Waals surface area contributed by atoms with Crippen LogP contribution in [0.2, 0.25) is 5.02 Å². The van der Waals surface area contributed by atoms with Gasteiger partial charge in [-0.05, 0) is 37.3 Å². The zero-order chi connectivity index (χ0) is 16.1. The Bertz CT molecular complexity index is 719. The number of anilines is 2. The van der Waals surface area contributed by atoms with E-state index in [9.17, 15) is 14.0 Å². The van der Waals surface area contributed by atoms with Crippen molar-refractivity contribution in [1.82, 2.24) is 0 Å². The lowest BCUT2D eigenvalue weighted by molar-refractivity contribution is -0.114. The van der Waals surface area contributed by atoms with Gasteiger partial charge in [0.2, 0.25) is 5.91 Å². The lowest BCUT2D eigenvalue weighted by Gasteiger charge is -2.10. The number of carbonyl (C=O) groups is 2. The quantitative estimate of drug-likeness (QED) is 0.825. The standard InChI is InChI=1S/C16H14ClFN2O2/c1-10(21)12-4-2-3-5-15(12)19-9-16(22)20-11-6-7-14(18)13(17)8-11/h2-8,19H,9H2,1H3,(H,20,22). The van der Waals surface area contributed by atoms with Crippen LogP contribution in [0.4, 0.5) is 15.8 Å². The Morgan fingerprint density at radius 3 is 2.59 bits per heavy atom. The van der Waals surface area contributed by atoms with E-state index in [0.717, 1.165) is 0 Å². The second-order valence-corrected chi connectivity index (χ2v) is 5.04. The van der Waals surface area contributed by atoms with Crippen molar-refractivity contribution in [2.45, 2.75) is 6.92 Å². The van der Waals surface area contributed by atoms with Gasteiger partial charge in [0, 0.05) is 16.9 Å². The minimum absolute atomic E-state index is 0.0285. The molecule has 4 nitrogen and oxygen atoms in total. The zero-order valence-corrected chi connectivity index (χ0v) is 12.6. The summed E-state index contributed by atoms with van der Waals surface area (Å²) >= 11 is 5.65. The smallest absolute Gasteiger partial charge is 0.243 e. The summed E-state index contributed by atoms with van der Waals surface area (Å²) in [5.41, 5.74) is 1.50. The molecule has 1 amide bonds. The number of halogens is 2. The number of ketones is 1. The fourth-order valence-electron chi connectivity index (χ4n) is 1.90. The fraction of sp³-hybridized carbons (Fsp3) is 0.125. The van der Waals surface area contributed by atoms with E-state index in [-0.39, 0.29) is 23.3 Å². The highest BCUT2D eigenvalue weighted by molar-refractivity contribution is 6.31. The molecule has 0 unspecified atom stereocenters. The van der Waals surface area contributed by atoms with Gasteiger partial charge in [0.1, 0.15) is 5.82 Å². The predicted octanol–water partition coefficient (Wildman–Crippen LogP) is 3.73. The van der Waals surface area contributed by atoms with E-state index in [0.29, 0.717) is 16.9 Å². The van der Waals surface area contributed by atoms with Crippen LogP contribution in [0.25, 0.3) is 0 Å². The number of benzene rings is 2. The molecule has 0 spiro atoms. The molecule has 22 heavy (non-hydrogen) atoms. The number of nitrogens with one attached hydrogen (secondary N) is 2. The number of hydrogen-bond donors (Lipinski definition) is 2. The number of rotatable bonds is 5. The molecule has 0 saturated heterocycles. The van der Waals surface area contributed by atoms with E-state index in [1.807, 2.05) is 0 Å². The molecule has 0 aliphatic heterocycles. The third kappa shape index (κ3) is 4.05. The van der Waals surface area contributed by atoms with Crippen LogP contribution >= 0.6 is 11.6 Å². The molecule has 2 N–H and O–H groups in total. The van der Waals surface area contributed by atoms with Gasteiger partial charge in [-0.3, -0.25) is 9.59 Å². The van der Waals surface area contributed by atoms with Crippen LogP contribution in [0.3, 0.4) is 0 Å². The molecule has 0 fully saturated rings. The SMILES string of the molecule is CC(=O)c1ccccc1NCC(=O)Nc1ccc(F)c(Cl)c1. The van der Waals surface area contributed by atoms with Crippen molar-refractivity contribution in [2.75, 3.05) is 17.2 Å². The van der Waals surface area contributed by atoms with Crippen LogP contribution in [-0.4, -0.2) is 18.2 Å². The van der Waals surface area contributed by atoms with Crippen molar-refractivity contribution in [2.24, 2.45) is 0 Å². The van der Waals surface area contributed by atoms with Gasteiger partial charge >= 0.3 is 0 Å². The molecule has 0 atom stereocenters. The maximum atomic E-state index is 13.0. The molecule has 0 aliphatic carbocycles. The Labute approximate surface area is 132 Å². The average molecular weight is 321 g/mol. The Hall–Kier alpha value is -2.40. The predicted molar refractivity (Wildman–Crippen MR) is 85.0 cm³/mol.